The molecule has 23 heavy (non-hydrogen) atoms. The number of hydrogen-bond acceptors (Lipinski definition) is 3. The second-order valence-corrected chi connectivity index (χ2v) is 7.56. The number of nitrogens with two attached hydrogens (primary N) is 1. The average Bonchev–Trinajstić information content (AvgIpc) is 2.49. The average molecular weight is 377 g/mol. The summed E-state index contributed by atoms with van der Waals surface area (Å²) in [7, 11) is 0. The molecule has 1 aliphatic heterocycles. The Bertz CT molecular complexity index is 431. The minimum atomic E-state index is -4.84. The molecule has 134 valence electrons. The summed E-state index contributed by atoms with van der Waals surface area (Å²) in [6, 6.07) is -0.362. The van der Waals surface area contributed by atoms with Crippen LogP contribution in [-0.2, 0) is 4.79 Å². The molecule has 0 aromatic rings. The number of alkyl halides is 5. The van der Waals surface area contributed by atoms with Gasteiger partial charge in [0.15, 0.2) is 0 Å². The molecule has 1 amide bonds. The van der Waals surface area contributed by atoms with Gasteiger partial charge in [-0.2, -0.15) is 13.2 Å². The first-order chi connectivity index (χ1) is 10.6. The number of nitrogens with zero attached hydrogens (tertiary/aromatic N) is 1. The fourth-order valence-electron chi connectivity index (χ4n) is 3.55. The summed E-state index contributed by atoms with van der Waals surface area (Å²) >= 11 is 12.2. The van der Waals surface area contributed by atoms with Crippen LogP contribution in [-0.4, -0.2) is 58.1 Å². The van der Waals surface area contributed by atoms with E-state index in [0.717, 1.165) is 4.90 Å². The van der Waals surface area contributed by atoms with Gasteiger partial charge in [0.1, 0.15) is 0 Å². The lowest BCUT2D eigenvalue weighted by atomic mass is 9.74. The molecular weight excluding hydrogens is 356 g/mol. The van der Waals surface area contributed by atoms with Crippen LogP contribution in [0.2, 0.25) is 0 Å². The molecular formula is C14H21Cl2F3N2O2. The van der Waals surface area contributed by atoms with Gasteiger partial charge < -0.3 is 15.7 Å². The Hall–Kier alpha value is -0.240. The van der Waals surface area contributed by atoms with Gasteiger partial charge in [0.25, 0.3) is 0 Å². The number of hydrogen-bond donors (Lipinski definition) is 2. The quantitative estimate of drug-likeness (QED) is 0.725. The van der Waals surface area contributed by atoms with Crippen molar-refractivity contribution in [1.82, 2.24) is 4.90 Å². The maximum Gasteiger partial charge on any atom is 0.471 e. The molecule has 0 aromatic heterocycles. The number of aliphatic hydroxyl groups is 1. The summed E-state index contributed by atoms with van der Waals surface area (Å²) in [6.45, 7) is 0.0594. The lowest BCUT2D eigenvalue weighted by molar-refractivity contribution is -0.186. The third kappa shape index (κ3) is 4.44. The molecule has 2 rings (SSSR count). The van der Waals surface area contributed by atoms with Crippen molar-refractivity contribution in [2.75, 3.05) is 13.1 Å². The third-order valence-electron chi connectivity index (χ3n) is 4.96. The Morgan fingerprint density at radius 2 is 1.70 bits per heavy atom. The summed E-state index contributed by atoms with van der Waals surface area (Å²) in [4.78, 5) is 12.0. The highest BCUT2D eigenvalue weighted by molar-refractivity contribution is 6.30. The molecule has 5 atom stereocenters. The van der Waals surface area contributed by atoms with Gasteiger partial charge in [-0.1, -0.05) is 0 Å². The van der Waals surface area contributed by atoms with Crippen molar-refractivity contribution in [3.05, 3.63) is 0 Å². The second-order valence-electron chi connectivity index (χ2n) is 6.44. The third-order valence-corrected chi connectivity index (χ3v) is 6.05. The molecule has 2 aliphatic rings. The second kappa shape index (κ2) is 7.33. The van der Waals surface area contributed by atoms with Gasteiger partial charge in [-0.3, -0.25) is 4.79 Å². The summed E-state index contributed by atoms with van der Waals surface area (Å²) in [5.74, 6) is -2.06. The van der Waals surface area contributed by atoms with E-state index in [1.165, 1.54) is 0 Å². The van der Waals surface area contributed by atoms with Crippen LogP contribution in [0, 0.1) is 11.8 Å². The van der Waals surface area contributed by atoms with E-state index in [0.29, 0.717) is 25.7 Å². The van der Waals surface area contributed by atoms with Crippen LogP contribution in [0.3, 0.4) is 0 Å². The zero-order chi connectivity index (χ0) is 17.4. The predicted octanol–water partition coefficient (Wildman–Crippen LogP) is 2.10. The number of likely N-dealkylation sites (tertiary alicyclic amines) is 1. The number of halogens is 5. The zero-order valence-corrected chi connectivity index (χ0v) is 14.0. The van der Waals surface area contributed by atoms with E-state index in [1.807, 2.05) is 0 Å². The van der Waals surface area contributed by atoms with Crippen LogP contribution in [0.15, 0.2) is 0 Å². The van der Waals surface area contributed by atoms with Crippen molar-refractivity contribution in [1.29, 1.82) is 0 Å². The highest BCUT2D eigenvalue weighted by atomic mass is 35.5. The molecule has 0 aromatic carbocycles. The smallest absolute Gasteiger partial charge is 0.393 e. The SMILES string of the molecule is NC(C1CCN(C(=O)C(F)(F)F)CC1)C1CC(Cl)C(Cl)CC1O. The summed E-state index contributed by atoms with van der Waals surface area (Å²) in [5.41, 5.74) is 6.24. The number of piperidine rings is 1. The van der Waals surface area contributed by atoms with E-state index in [2.05, 4.69) is 0 Å². The largest absolute Gasteiger partial charge is 0.471 e. The lowest BCUT2D eigenvalue weighted by Gasteiger charge is -2.42. The Kier molecular flexibility index (Phi) is 6.09. The van der Waals surface area contributed by atoms with Crippen molar-refractivity contribution in [3.8, 4) is 0 Å². The minimum Gasteiger partial charge on any atom is -0.393 e. The van der Waals surface area contributed by atoms with Crippen molar-refractivity contribution in [2.45, 2.75) is 54.8 Å². The van der Waals surface area contributed by atoms with Gasteiger partial charge in [-0.25, -0.2) is 0 Å². The molecule has 4 nitrogen and oxygen atoms in total. The molecule has 0 spiro atoms. The first kappa shape index (κ1) is 19.1. The Morgan fingerprint density at radius 1 is 1.17 bits per heavy atom. The minimum absolute atomic E-state index is 0.0297. The molecule has 1 saturated carbocycles. The number of amides is 1. The molecule has 3 N–H and O–H groups in total. The topological polar surface area (TPSA) is 66.6 Å². The molecule has 0 radical (unpaired) electrons. The summed E-state index contributed by atoms with van der Waals surface area (Å²) < 4.78 is 37.3. The summed E-state index contributed by atoms with van der Waals surface area (Å²) in [5, 5.41) is 9.59. The standard InChI is InChI=1S/C14H21Cl2F3N2O2/c15-9-5-8(11(22)6-10(9)16)12(20)7-1-3-21(4-2-7)13(23)14(17,18)19/h7-12,22H,1-6,20H2. The van der Waals surface area contributed by atoms with Crippen LogP contribution < -0.4 is 5.73 Å². The molecule has 9 heteroatoms. The highest BCUT2D eigenvalue weighted by Crippen LogP contribution is 2.37. The molecule has 1 heterocycles. The van der Waals surface area contributed by atoms with E-state index in [-0.39, 0.29) is 41.7 Å². The van der Waals surface area contributed by atoms with Gasteiger partial charge in [0, 0.05) is 25.0 Å². The van der Waals surface area contributed by atoms with Gasteiger partial charge in [0.2, 0.25) is 0 Å². The maximum atomic E-state index is 12.4. The lowest BCUT2D eigenvalue weighted by Crippen LogP contribution is -2.53. The predicted molar refractivity (Wildman–Crippen MR) is 81.3 cm³/mol. The van der Waals surface area contributed by atoms with E-state index in [1.54, 1.807) is 0 Å². The molecule has 2 fully saturated rings. The van der Waals surface area contributed by atoms with Crippen LogP contribution in [0.5, 0.6) is 0 Å². The van der Waals surface area contributed by atoms with Gasteiger partial charge in [0.05, 0.1) is 16.9 Å². The highest BCUT2D eigenvalue weighted by Gasteiger charge is 2.45. The monoisotopic (exact) mass is 376 g/mol. The van der Waals surface area contributed by atoms with Crippen LogP contribution in [0.25, 0.3) is 0 Å². The zero-order valence-electron chi connectivity index (χ0n) is 12.5. The van der Waals surface area contributed by atoms with E-state index < -0.39 is 18.2 Å². The molecule has 5 unspecified atom stereocenters. The van der Waals surface area contributed by atoms with Crippen molar-refractivity contribution < 1.29 is 23.1 Å². The Labute approximate surface area is 143 Å². The van der Waals surface area contributed by atoms with Crippen molar-refractivity contribution in [3.63, 3.8) is 0 Å². The van der Waals surface area contributed by atoms with Crippen LogP contribution >= 0.6 is 23.2 Å². The normalized spacial score (nSPS) is 35.2. The number of carbonyl (C=O) groups excluding carboxylic acids is 1. The van der Waals surface area contributed by atoms with Gasteiger partial charge in [-0.05, 0) is 31.6 Å². The molecule has 1 saturated heterocycles. The van der Waals surface area contributed by atoms with E-state index >= 15 is 0 Å². The first-order valence-electron chi connectivity index (χ1n) is 7.69. The van der Waals surface area contributed by atoms with E-state index in [9.17, 15) is 23.1 Å². The Morgan fingerprint density at radius 3 is 2.22 bits per heavy atom. The fraction of sp³-hybridized carbons (Fsp3) is 0.929. The van der Waals surface area contributed by atoms with Crippen LogP contribution in [0.1, 0.15) is 25.7 Å². The number of rotatable bonds is 2. The van der Waals surface area contributed by atoms with Gasteiger partial charge in [-0.15, -0.1) is 23.2 Å². The number of aliphatic hydroxyl groups excluding tert-OH is 1. The Balaban J connectivity index is 1.91. The van der Waals surface area contributed by atoms with E-state index in [4.69, 9.17) is 28.9 Å². The van der Waals surface area contributed by atoms with Gasteiger partial charge >= 0.3 is 12.1 Å². The van der Waals surface area contributed by atoms with Crippen molar-refractivity contribution >= 4 is 29.1 Å². The molecule has 1 aliphatic carbocycles. The maximum absolute atomic E-state index is 12.4. The summed E-state index contributed by atoms with van der Waals surface area (Å²) in [6.07, 6.45) is -3.86. The molecule has 0 bridgehead atoms. The number of carbonyl (C=O) groups is 1. The van der Waals surface area contributed by atoms with Crippen molar-refractivity contribution in [2.24, 2.45) is 17.6 Å². The van der Waals surface area contributed by atoms with Crippen LogP contribution in [0.4, 0.5) is 13.2 Å². The fourth-order valence-corrected chi connectivity index (χ4v) is 4.14. The first-order valence-corrected chi connectivity index (χ1v) is 8.56.